The van der Waals surface area contributed by atoms with Crippen LogP contribution in [-0.4, -0.2) is 26.9 Å². The van der Waals surface area contributed by atoms with Crippen molar-refractivity contribution in [2.45, 2.75) is 6.92 Å². The lowest BCUT2D eigenvalue weighted by Gasteiger charge is -2.06. The Morgan fingerprint density at radius 2 is 2.20 bits per heavy atom. The third-order valence-corrected chi connectivity index (χ3v) is 4.66. The van der Waals surface area contributed by atoms with E-state index in [1.165, 1.54) is 0 Å². The Bertz CT molecular complexity index is 994. The van der Waals surface area contributed by atoms with Crippen LogP contribution in [0.25, 0.3) is 33.5 Å². The monoisotopic (exact) mass is 372 g/mol. The van der Waals surface area contributed by atoms with Crippen LogP contribution in [0.1, 0.15) is 6.92 Å². The first kappa shape index (κ1) is 15.9. The Balaban J connectivity index is 1.61. The number of hydrogen-bond donors (Lipinski definition) is 1. The molecular weight excluding hydrogens is 360 g/mol. The zero-order chi connectivity index (χ0) is 17.2. The minimum absolute atomic E-state index is 0.388. The van der Waals surface area contributed by atoms with Crippen LogP contribution in [0.4, 0.5) is 0 Å². The SMILES string of the molecule is CCOc1ccc(-c2cc(-c3nc(-c4cccs4)no3)[nH]n2)cc1Cl. The number of nitrogens with one attached hydrogen (secondary N) is 1. The van der Waals surface area contributed by atoms with E-state index in [9.17, 15) is 0 Å². The molecule has 0 aliphatic heterocycles. The lowest BCUT2D eigenvalue weighted by molar-refractivity contribution is 0.340. The first-order chi connectivity index (χ1) is 12.2. The van der Waals surface area contributed by atoms with Gasteiger partial charge in [0.15, 0.2) is 0 Å². The smallest absolute Gasteiger partial charge is 0.276 e. The van der Waals surface area contributed by atoms with Gasteiger partial charge < -0.3 is 9.26 Å². The van der Waals surface area contributed by atoms with Crippen LogP contribution in [0, 0.1) is 0 Å². The van der Waals surface area contributed by atoms with Crippen molar-refractivity contribution in [3.05, 3.63) is 46.8 Å². The zero-order valence-electron chi connectivity index (χ0n) is 13.2. The van der Waals surface area contributed by atoms with Crippen molar-refractivity contribution in [2.75, 3.05) is 6.61 Å². The third kappa shape index (κ3) is 3.16. The maximum absolute atomic E-state index is 6.24. The number of rotatable bonds is 5. The van der Waals surface area contributed by atoms with Crippen molar-refractivity contribution in [3.63, 3.8) is 0 Å². The summed E-state index contributed by atoms with van der Waals surface area (Å²) in [7, 11) is 0. The van der Waals surface area contributed by atoms with Crippen LogP contribution in [0.5, 0.6) is 5.75 Å². The molecule has 4 rings (SSSR count). The van der Waals surface area contributed by atoms with E-state index in [2.05, 4.69) is 20.3 Å². The van der Waals surface area contributed by atoms with Gasteiger partial charge in [0.05, 0.1) is 22.2 Å². The number of nitrogens with zero attached hydrogens (tertiary/aromatic N) is 3. The molecule has 8 heteroatoms. The van der Waals surface area contributed by atoms with E-state index in [1.54, 1.807) is 11.3 Å². The van der Waals surface area contributed by atoms with Gasteiger partial charge in [0.1, 0.15) is 11.4 Å². The molecule has 0 aliphatic carbocycles. The van der Waals surface area contributed by atoms with Gasteiger partial charge in [-0.1, -0.05) is 22.8 Å². The highest BCUT2D eigenvalue weighted by Gasteiger charge is 2.15. The molecule has 0 aliphatic rings. The number of thiophene rings is 1. The van der Waals surface area contributed by atoms with Crippen LogP contribution >= 0.6 is 22.9 Å². The number of benzene rings is 1. The van der Waals surface area contributed by atoms with Crippen molar-refractivity contribution < 1.29 is 9.26 Å². The molecule has 3 aromatic heterocycles. The van der Waals surface area contributed by atoms with Gasteiger partial charge in [-0.25, -0.2) is 0 Å². The first-order valence-electron chi connectivity index (χ1n) is 7.60. The Kier molecular flexibility index (Phi) is 4.25. The van der Waals surface area contributed by atoms with E-state index in [4.69, 9.17) is 20.9 Å². The molecule has 1 N–H and O–H groups in total. The van der Waals surface area contributed by atoms with Gasteiger partial charge in [-0.15, -0.1) is 11.3 Å². The minimum Gasteiger partial charge on any atom is -0.492 e. The van der Waals surface area contributed by atoms with Crippen molar-refractivity contribution in [3.8, 4) is 39.3 Å². The Labute approximate surface area is 152 Å². The topological polar surface area (TPSA) is 76.8 Å². The molecule has 0 bridgehead atoms. The van der Waals surface area contributed by atoms with E-state index in [-0.39, 0.29) is 0 Å². The molecule has 4 aromatic rings. The molecule has 0 saturated heterocycles. The van der Waals surface area contributed by atoms with Gasteiger partial charge >= 0.3 is 0 Å². The molecule has 6 nitrogen and oxygen atoms in total. The fourth-order valence-electron chi connectivity index (χ4n) is 2.35. The van der Waals surface area contributed by atoms with Gasteiger partial charge in [-0.2, -0.15) is 10.1 Å². The molecule has 0 spiro atoms. The van der Waals surface area contributed by atoms with Crippen LogP contribution in [0.15, 0.2) is 46.3 Å². The summed E-state index contributed by atoms with van der Waals surface area (Å²) in [4.78, 5) is 5.35. The lowest BCUT2D eigenvalue weighted by Crippen LogP contribution is -1.92. The fourth-order valence-corrected chi connectivity index (χ4v) is 3.23. The Morgan fingerprint density at radius 3 is 2.96 bits per heavy atom. The number of H-pyrrole nitrogens is 1. The number of halogens is 1. The quantitative estimate of drug-likeness (QED) is 0.538. The van der Waals surface area contributed by atoms with Gasteiger partial charge in [0.2, 0.25) is 5.82 Å². The highest BCUT2D eigenvalue weighted by Crippen LogP contribution is 2.31. The summed E-state index contributed by atoms with van der Waals surface area (Å²) in [6.07, 6.45) is 0. The molecule has 0 amide bonds. The predicted octanol–water partition coefficient (Wildman–Crippen LogP) is 4.91. The van der Waals surface area contributed by atoms with Crippen LogP contribution < -0.4 is 4.74 Å². The summed E-state index contributed by atoms with van der Waals surface area (Å²) in [5.74, 6) is 1.60. The van der Waals surface area contributed by atoms with E-state index in [0.29, 0.717) is 34.8 Å². The third-order valence-electron chi connectivity index (χ3n) is 3.50. The van der Waals surface area contributed by atoms with Crippen molar-refractivity contribution >= 4 is 22.9 Å². The van der Waals surface area contributed by atoms with Crippen molar-refractivity contribution in [1.82, 2.24) is 20.3 Å². The molecular formula is C17H13ClN4O2S. The van der Waals surface area contributed by atoms with Crippen molar-refractivity contribution in [1.29, 1.82) is 0 Å². The molecule has 0 unspecified atom stereocenters. The predicted molar refractivity (Wildman–Crippen MR) is 96.8 cm³/mol. The summed E-state index contributed by atoms with van der Waals surface area (Å²) in [6.45, 7) is 2.48. The summed E-state index contributed by atoms with van der Waals surface area (Å²) in [6, 6.07) is 11.3. The largest absolute Gasteiger partial charge is 0.492 e. The average Bonchev–Trinajstić information content (AvgIpc) is 3.36. The summed E-state index contributed by atoms with van der Waals surface area (Å²) >= 11 is 7.80. The fraction of sp³-hybridized carbons (Fsp3) is 0.118. The number of aromatic amines is 1. The molecule has 0 saturated carbocycles. The number of ether oxygens (including phenoxy) is 1. The van der Waals surface area contributed by atoms with E-state index >= 15 is 0 Å². The van der Waals surface area contributed by atoms with Crippen LogP contribution in [0.3, 0.4) is 0 Å². The number of hydrogen-bond acceptors (Lipinski definition) is 6. The molecule has 0 fully saturated rings. The van der Waals surface area contributed by atoms with Gasteiger partial charge in [-0.3, -0.25) is 5.10 Å². The molecule has 0 atom stereocenters. The molecule has 0 radical (unpaired) electrons. The maximum Gasteiger partial charge on any atom is 0.276 e. The highest BCUT2D eigenvalue weighted by atomic mass is 35.5. The second kappa shape index (κ2) is 6.70. The van der Waals surface area contributed by atoms with E-state index in [1.807, 2.05) is 48.7 Å². The molecule has 25 heavy (non-hydrogen) atoms. The summed E-state index contributed by atoms with van der Waals surface area (Å²) < 4.78 is 10.8. The van der Waals surface area contributed by atoms with Crippen LogP contribution in [0.2, 0.25) is 5.02 Å². The zero-order valence-corrected chi connectivity index (χ0v) is 14.8. The summed E-state index contributed by atoms with van der Waals surface area (Å²) in [5, 5.41) is 13.7. The Morgan fingerprint density at radius 1 is 1.28 bits per heavy atom. The molecule has 126 valence electrons. The van der Waals surface area contributed by atoms with Gasteiger partial charge in [0.25, 0.3) is 5.89 Å². The molecule has 1 aromatic carbocycles. The minimum atomic E-state index is 0.388. The first-order valence-corrected chi connectivity index (χ1v) is 8.86. The Hall–Kier alpha value is -2.64. The van der Waals surface area contributed by atoms with Crippen molar-refractivity contribution in [2.24, 2.45) is 0 Å². The normalized spacial score (nSPS) is 11.0. The van der Waals surface area contributed by atoms with Gasteiger partial charge in [-0.05, 0) is 42.6 Å². The number of aromatic nitrogens is 4. The average molecular weight is 373 g/mol. The summed E-state index contributed by atoms with van der Waals surface area (Å²) in [5.41, 5.74) is 2.25. The highest BCUT2D eigenvalue weighted by molar-refractivity contribution is 7.13. The van der Waals surface area contributed by atoms with Gasteiger partial charge in [0, 0.05) is 5.56 Å². The second-order valence-corrected chi connectivity index (χ2v) is 6.50. The maximum atomic E-state index is 6.24. The standard InChI is InChI=1S/C17H13ClN4O2S/c1-2-23-14-6-5-10(8-11(14)18)12-9-13(21-20-12)17-19-16(22-24-17)15-4-3-7-25-15/h3-9H,2H2,1H3,(H,20,21). The van der Waals surface area contributed by atoms with E-state index < -0.39 is 0 Å². The van der Waals surface area contributed by atoms with Crippen LogP contribution in [-0.2, 0) is 0 Å². The second-order valence-electron chi connectivity index (χ2n) is 5.15. The molecule has 3 heterocycles. The van der Waals surface area contributed by atoms with E-state index in [0.717, 1.165) is 16.1 Å². The lowest BCUT2D eigenvalue weighted by atomic mass is 10.1.